The molecule has 1 aromatic heterocycles. The third-order valence-electron chi connectivity index (χ3n) is 4.63. The maximum Gasteiger partial charge on any atom is 0.230 e. The van der Waals surface area contributed by atoms with E-state index in [2.05, 4.69) is 40.8 Å². The van der Waals surface area contributed by atoms with Crippen molar-refractivity contribution in [1.29, 1.82) is 0 Å². The fourth-order valence-electron chi connectivity index (χ4n) is 3.02. The van der Waals surface area contributed by atoms with Crippen LogP contribution in [0, 0.1) is 20.8 Å². The molecule has 5 heteroatoms. The molecular formula is C19H25N3OS. The molecule has 0 aliphatic heterocycles. The molecule has 1 fully saturated rings. The predicted octanol–water partition coefficient (Wildman–Crippen LogP) is 4.11. The molecule has 0 saturated heterocycles. The molecule has 1 heterocycles. The number of rotatable bonds is 6. The van der Waals surface area contributed by atoms with E-state index in [0.29, 0.717) is 11.8 Å². The van der Waals surface area contributed by atoms with Crippen LogP contribution in [0.15, 0.2) is 29.4 Å². The number of aromatic nitrogens is 2. The molecule has 0 unspecified atom stereocenters. The zero-order valence-electron chi connectivity index (χ0n) is 14.8. The van der Waals surface area contributed by atoms with Crippen molar-refractivity contribution in [2.75, 3.05) is 5.75 Å². The lowest BCUT2D eigenvalue weighted by Crippen LogP contribution is -2.28. The van der Waals surface area contributed by atoms with E-state index in [-0.39, 0.29) is 11.9 Å². The predicted molar refractivity (Wildman–Crippen MR) is 98.4 cm³/mol. The van der Waals surface area contributed by atoms with Gasteiger partial charge in [0.05, 0.1) is 17.5 Å². The van der Waals surface area contributed by atoms with E-state index in [9.17, 15) is 4.79 Å². The van der Waals surface area contributed by atoms with Crippen LogP contribution in [0.5, 0.6) is 0 Å². The number of imidazole rings is 1. The van der Waals surface area contributed by atoms with E-state index in [1.165, 1.54) is 41.4 Å². The summed E-state index contributed by atoms with van der Waals surface area (Å²) in [5.41, 5.74) is 4.67. The highest BCUT2D eigenvalue weighted by Crippen LogP contribution is 2.39. The third-order valence-corrected chi connectivity index (χ3v) is 5.58. The zero-order chi connectivity index (χ0) is 17.3. The van der Waals surface area contributed by atoms with Crippen molar-refractivity contribution in [2.45, 2.75) is 57.8 Å². The van der Waals surface area contributed by atoms with Crippen LogP contribution >= 0.6 is 11.8 Å². The summed E-state index contributed by atoms with van der Waals surface area (Å²) in [5.74, 6) is 0.454. The topological polar surface area (TPSA) is 46.9 Å². The van der Waals surface area contributed by atoms with Crippen LogP contribution < -0.4 is 5.32 Å². The normalized spacial score (nSPS) is 15.3. The molecule has 1 aliphatic rings. The molecule has 3 rings (SSSR count). The summed E-state index contributed by atoms with van der Waals surface area (Å²) < 4.78 is 2.30. The quantitative estimate of drug-likeness (QED) is 0.803. The Hall–Kier alpha value is -1.75. The van der Waals surface area contributed by atoms with Gasteiger partial charge in [0, 0.05) is 11.7 Å². The lowest BCUT2D eigenvalue weighted by atomic mass is 10.0. The zero-order valence-corrected chi connectivity index (χ0v) is 15.6. The maximum atomic E-state index is 12.3. The first-order chi connectivity index (χ1) is 11.5. The maximum absolute atomic E-state index is 12.3. The van der Waals surface area contributed by atoms with Crippen molar-refractivity contribution in [1.82, 2.24) is 14.9 Å². The minimum absolute atomic E-state index is 0.0194. The van der Waals surface area contributed by atoms with Crippen molar-refractivity contribution in [3.63, 3.8) is 0 Å². The number of carbonyl (C=O) groups is 1. The number of hydrogen-bond donors (Lipinski definition) is 1. The Morgan fingerprint density at radius 3 is 2.71 bits per heavy atom. The molecule has 1 atom stereocenters. The Labute approximate surface area is 148 Å². The average Bonchev–Trinajstić information content (AvgIpc) is 3.33. The van der Waals surface area contributed by atoms with Crippen LogP contribution in [0.1, 0.15) is 54.4 Å². The Morgan fingerprint density at radius 1 is 1.33 bits per heavy atom. The fourth-order valence-corrected chi connectivity index (χ4v) is 3.99. The Bertz CT molecular complexity index is 749. The van der Waals surface area contributed by atoms with Crippen molar-refractivity contribution in [3.8, 4) is 0 Å². The van der Waals surface area contributed by atoms with Gasteiger partial charge in [0.1, 0.15) is 0 Å². The molecule has 24 heavy (non-hydrogen) atoms. The summed E-state index contributed by atoms with van der Waals surface area (Å²) in [4.78, 5) is 17.0. The van der Waals surface area contributed by atoms with Crippen LogP contribution in [0.3, 0.4) is 0 Å². The van der Waals surface area contributed by atoms with Crippen molar-refractivity contribution >= 4 is 17.7 Å². The number of hydrogen-bond acceptors (Lipinski definition) is 3. The van der Waals surface area contributed by atoms with Gasteiger partial charge in [-0.05, 0) is 51.7 Å². The molecular weight excluding hydrogens is 318 g/mol. The third kappa shape index (κ3) is 3.66. The largest absolute Gasteiger partial charge is 0.349 e. The SMILES string of the molecule is Cc1ccccc1[C@H](C)NC(=O)CSc1nc(C)c(C)n1C1CC1. The van der Waals surface area contributed by atoms with Crippen molar-refractivity contribution in [2.24, 2.45) is 0 Å². The van der Waals surface area contributed by atoms with Gasteiger partial charge in [-0.25, -0.2) is 4.98 Å². The molecule has 1 aliphatic carbocycles. The number of amides is 1. The van der Waals surface area contributed by atoms with E-state index in [0.717, 1.165) is 10.9 Å². The summed E-state index contributed by atoms with van der Waals surface area (Å²) in [5, 5.41) is 4.07. The molecule has 1 amide bonds. The number of nitrogens with zero attached hydrogens (tertiary/aromatic N) is 2. The van der Waals surface area contributed by atoms with Gasteiger partial charge in [0.15, 0.2) is 5.16 Å². The van der Waals surface area contributed by atoms with Crippen molar-refractivity contribution in [3.05, 3.63) is 46.8 Å². The molecule has 0 spiro atoms. The number of carbonyl (C=O) groups excluding carboxylic acids is 1. The van der Waals surface area contributed by atoms with Crippen LogP contribution in [0.25, 0.3) is 0 Å². The second-order valence-corrected chi connectivity index (χ2v) is 7.54. The van der Waals surface area contributed by atoms with Gasteiger partial charge in [-0.1, -0.05) is 36.0 Å². The molecule has 0 radical (unpaired) electrons. The molecule has 1 saturated carbocycles. The lowest BCUT2D eigenvalue weighted by molar-refractivity contribution is -0.119. The Kier molecular flexibility index (Phi) is 4.99. The summed E-state index contributed by atoms with van der Waals surface area (Å²) >= 11 is 1.54. The highest BCUT2D eigenvalue weighted by molar-refractivity contribution is 7.99. The smallest absolute Gasteiger partial charge is 0.230 e. The molecule has 0 bridgehead atoms. The lowest BCUT2D eigenvalue weighted by Gasteiger charge is -2.16. The van der Waals surface area contributed by atoms with E-state index in [1.54, 1.807) is 0 Å². The standard InChI is InChI=1S/C19H25N3OS/c1-12-7-5-6-8-17(12)14(3)20-18(23)11-24-19-21-13(2)15(4)22(19)16-9-10-16/h5-8,14,16H,9-11H2,1-4H3,(H,20,23)/t14-/m0/s1. The first kappa shape index (κ1) is 17.1. The molecule has 128 valence electrons. The first-order valence-corrected chi connectivity index (χ1v) is 9.49. The molecule has 4 nitrogen and oxygen atoms in total. The number of benzene rings is 1. The number of thioether (sulfide) groups is 1. The van der Waals surface area contributed by atoms with E-state index < -0.39 is 0 Å². The summed E-state index contributed by atoms with van der Waals surface area (Å²) in [7, 11) is 0. The van der Waals surface area contributed by atoms with Gasteiger partial charge in [-0.2, -0.15) is 0 Å². The van der Waals surface area contributed by atoms with E-state index in [4.69, 9.17) is 0 Å². The van der Waals surface area contributed by atoms with Gasteiger partial charge in [0.2, 0.25) is 5.91 Å². The Morgan fingerprint density at radius 2 is 2.04 bits per heavy atom. The second kappa shape index (κ2) is 7.01. The fraction of sp³-hybridized carbons (Fsp3) is 0.474. The number of nitrogens with one attached hydrogen (secondary N) is 1. The van der Waals surface area contributed by atoms with Gasteiger partial charge in [-0.3, -0.25) is 4.79 Å². The Balaban J connectivity index is 1.60. The van der Waals surface area contributed by atoms with Gasteiger partial charge >= 0.3 is 0 Å². The van der Waals surface area contributed by atoms with Gasteiger partial charge in [0.25, 0.3) is 0 Å². The van der Waals surface area contributed by atoms with E-state index in [1.807, 2.05) is 26.0 Å². The monoisotopic (exact) mass is 343 g/mol. The van der Waals surface area contributed by atoms with Crippen LogP contribution in [0.4, 0.5) is 0 Å². The van der Waals surface area contributed by atoms with E-state index >= 15 is 0 Å². The van der Waals surface area contributed by atoms with Gasteiger partial charge in [-0.15, -0.1) is 0 Å². The van der Waals surface area contributed by atoms with Crippen LogP contribution in [-0.4, -0.2) is 21.2 Å². The highest BCUT2D eigenvalue weighted by atomic mass is 32.2. The van der Waals surface area contributed by atoms with Crippen LogP contribution in [-0.2, 0) is 4.79 Å². The first-order valence-electron chi connectivity index (χ1n) is 8.50. The molecule has 1 aromatic carbocycles. The number of aryl methyl sites for hydroxylation is 2. The van der Waals surface area contributed by atoms with Crippen molar-refractivity contribution < 1.29 is 4.79 Å². The minimum atomic E-state index is 0.0194. The summed E-state index contributed by atoms with van der Waals surface area (Å²) in [6.45, 7) is 8.26. The minimum Gasteiger partial charge on any atom is -0.349 e. The van der Waals surface area contributed by atoms with Gasteiger partial charge < -0.3 is 9.88 Å². The summed E-state index contributed by atoms with van der Waals surface area (Å²) in [6, 6.07) is 8.78. The second-order valence-electron chi connectivity index (χ2n) is 6.60. The summed E-state index contributed by atoms with van der Waals surface area (Å²) in [6.07, 6.45) is 2.45. The average molecular weight is 343 g/mol. The molecule has 1 N–H and O–H groups in total. The van der Waals surface area contributed by atoms with Crippen LogP contribution in [0.2, 0.25) is 0 Å². The highest BCUT2D eigenvalue weighted by Gasteiger charge is 2.28. The molecule has 2 aromatic rings.